The smallest absolute Gasteiger partial charge is 0.250 e. The molecule has 100 valence electrons. The summed E-state index contributed by atoms with van der Waals surface area (Å²) in [6.07, 6.45) is 2.78. The van der Waals surface area contributed by atoms with Crippen molar-refractivity contribution in [1.82, 2.24) is 4.57 Å². The molecular weight excluding hydrogens is 304 g/mol. The minimum Gasteiger partial charge on any atom is -0.322 e. The van der Waals surface area contributed by atoms with Crippen molar-refractivity contribution in [2.24, 2.45) is 5.73 Å². The fourth-order valence-corrected chi connectivity index (χ4v) is 2.34. The first-order valence-corrected chi connectivity index (χ1v) is 7.10. The molecular formula is C15H17BrN2O. The van der Waals surface area contributed by atoms with Crippen molar-refractivity contribution in [2.75, 3.05) is 0 Å². The van der Waals surface area contributed by atoms with Crippen LogP contribution < -0.4 is 11.3 Å². The predicted octanol–water partition coefficient (Wildman–Crippen LogP) is 2.87. The normalized spacial score (nSPS) is 12.4. The average Bonchev–Trinajstić information content (AvgIpc) is 2.43. The molecule has 0 spiro atoms. The first-order valence-electron chi connectivity index (χ1n) is 6.30. The van der Waals surface area contributed by atoms with Gasteiger partial charge in [-0.05, 0) is 39.5 Å². The first-order chi connectivity index (χ1) is 9.10. The summed E-state index contributed by atoms with van der Waals surface area (Å²) >= 11 is 3.36. The number of aromatic nitrogens is 1. The molecule has 0 fully saturated rings. The van der Waals surface area contributed by atoms with Gasteiger partial charge in [0.05, 0.1) is 0 Å². The van der Waals surface area contributed by atoms with Gasteiger partial charge in [0.15, 0.2) is 0 Å². The first kappa shape index (κ1) is 14.0. The summed E-state index contributed by atoms with van der Waals surface area (Å²) in [5.74, 6) is 0. The highest BCUT2D eigenvalue weighted by atomic mass is 79.9. The maximum atomic E-state index is 11.7. The molecule has 0 aliphatic rings. The number of benzene rings is 1. The lowest BCUT2D eigenvalue weighted by Crippen LogP contribution is -2.25. The van der Waals surface area contributed by atoms with Gasteiger partial charge in [-0.25, -0.2) is 0 Å². The van der Waals surface area contributed by atoms with Crippen molar-refractivity contribution in [2.45, 2.75) is 25.9 Å². The van der Waals surface area contributed by atoms with Crippen LogP contribution in [0.15, 0.2) is 51.9 Å². The highest BCUT2D eigenvalue weighted by Crippen LogP contribution is 2.14. The van der Waals surface area contributed by atoms with E-state index >= 15 is 0 Å². The maximum absolute atomic E-state index is 11.7. The summed E-state index contributed by atoms with van der Waals surface area (Å²) < 4.78 is 2.50. The lowest BCUT2D eigenvalue weighted by molar-refractivity contribution is 0.560. The zero-order valence-corrected chi connectivity index (χ0v) is 12.4. The third kappa shape index (κ3) is 3.55. The molecule has 1 aromatic carbocycles. The summed E-state index contributed by atoms with van der Waals surface area (Å²) in [5, 5.41) is 0. The lowest BCUT2D eigenvalue weighted by atomic mass is 10.0. The van der Waals surface area contributed by atoms with Gasteiger partial charge >= 0.3 is 0 Å². The minimum absolute atomic E-state index is 0.0381. The van der Waals surface area contributed by atoms with Crippen LogP contribution in [0.1, 0.15) is 24.1 Å². The highest BCUT2D eigenvalue weighted by Gasteiger charge is 2.08. The SMILES string of the molecule is CCc1ccc(C(N)Cn2cc(Br)ccc2=O)cc1. The summed E-state index contributed by atoms with van der Waals surface area (Å²) in [5.41, 5.74) is 8.46. The number of hydrogen-bond acceptors (Lipinski definition) is 2. The molecule has 0 bridgehead atoms. The predicted molar refractivity (Wildman–Crippen MR) is 81.2 cm³/mol. The monoisotopic (exact) mass is 320 g/mol. The number of halogens is 1. The maximum Gasteiger partial charge on any atom is 0.250 e. The fourth-order valence-electron chi connectivity index (χ4n) is 1.96. The van der Waals surface area contributed by atoms with Crippen LogP contribution in [0.25, 0.3) is 0 Å². The summed E-state index contributed by atoms with van der Waals surface area (Å²) in [6, 6.07) is 11.3. The molecule has 0 amide bonds. The van der Waals surface area contributed by atoms with E-state index in [1.807, 2.05) is 12.1 Å². The Labute approximate surface area is 121 Å². The van der Waals surface area contributed by atoms with Crippen LogP contribution in [0.2, 0.25) is 0 Å². The van der Waals surface area contributed by atoms with Crippen molar-refractivity contribution < 1.29 is 0 Å². The van der Waals surface area contributed by atoms with E-state index in [2.05, 4.69) is 35.0 Å². The van der Waals surface area contributed by atoms with Crippen molar-refractivity contribution in [3.8, 4) is 0 Å². The second kappa shape index (κ2) is 6.17. The van der Waals surface area contributed by atoms with Gasteiger partial charge in [0.1, 0.15) is 0 Å². The molecule has 1 heterocycles. The second-order valence-corrected chi connectivity index (χ2v) is 5.46. The van der Waals surface area contributed by atoms with E-state index in [4.69, 9.17) is 5.73 Å². The number of hydrogen-bond donors (Lipinski definition) is 1. The molecule has 0 radical (unpaired) electrons. The standard InChI is InChI=1S/C15H17BrN2O/c1-2-11-3-5-12(6-4-11)14(17)10-18-9-13(16)7-8-15(18)19/h3-9,14H,2,10,17H2,1H3. The van der Waals surface area contributed by atoms with Gasteiger partial charge in [-0.1, -0.05) is 31.2 Å². The molecule has 0 aliphatic heterocycles. The summed E-state index contributed by atoms with van der Waals surface area (Å²) in [7, 11) is 0. The Morgan fingerprint density at radius 1 is 1.21 bits per heavy atom. The Kier molecular flexibility index (Phi) is 4.56. The fraction of sp³-hybridized carbons (Fsp3) is 0.267. The van der Waals surface area contributed by atoms with Crippen LogP contribution in [-0.2, 0) is 13.0 Å². The van der Waals surface area contributed by atoms with Crippen LogP contribution in [0.5, 0.6) is 0 Å². The summed E-state index contributed by atoms with van der Waals surface area (Å²) in [6.45, 7) is 2.60. The molecule has 2 rings (SSSR count). The van der Waals surface area contributed by atoms with Crippen LogP contribution in [0, 0.1) is 0 Å². The molecule has 0 saturated carbocycles. The van der Waals surface area contributed by atoms with Crippen molar-refractivity contribution in [3.63, 3.8) is 0 Å². The Morgan fingerprint density at radius 3 is 2.53 bits per heavy atom. The number of aryl methyl sites for hydroxylation is 1. The van der Waals surface area contributed by atoms with E-state index in [1.165, 1.54) is 11.6 Å². The molecule has 3 nitrogen and oxygen atoms in total. The van der Waals surface area contributed by atoms with Gasteiger partial charge in [0.2, 0.25) is 0 Å². The number of nitrogens with zero attached hydrogens (tertiary/aromatic N) is 1. The van der Waals surface area contributed by atoms with Crippen LogP contribution in [0.3, 0.4) is 0 Å². The van der Waals surface area contributed by atoms with Gasteiger partial charge in [-0.15, -0.1) is 0 Å². The van der Waals surface area contributed by atoms with E-state index in [9.17, 15) is 4.79 Å². The van der Waals surface area contributed by atoms with Crippen LogP contribution >= 0.6 is 15.9 Å². The molecule has 0 saturated heterocycles. The van der Waals surface area contributed by atoms with Gasteiger partial charge in [-0.3, -0.25) is 4.79 Å². The van der Waals surface area contributed by atoms with Crippen LogP contribution in [-0.4, -0.2) is 4.57 Å². The molecule has 2 aromatic rings. The molecule has 1 unspecified atom stereocenters. The van der Waals surface area contributed by atoms with Crippen molar-refractivity contribution >= 4 is 15.9 Å². The topological polar surface area (TPSA) is 48.0 Å². The van der Waals surface area contributed by atoms with Crippen LogP contribution in [0.4, 0.5) is 0 Å². The molecule has 2 N–H and O–H groups in total. The Bertz CT molecular complexity index is 604. The van der Waals surface area contributed by atoms with E-state index in [-0.39, 0.29) is 11.6 Å². The van der Waals surface area contributed by atoms with Crippen molar-refractivity contribution in [3.05, 3.63) is 68.5 Å². The number of nitrogens with two attached hydrogens (primary N) is 1. The zero-order valence-electron chi connectivity index (χ0n) is 10.8. The third-order valence-electron chi connectivity index (χ3n) is 3.16. The summed E-state index contributed by atoms with van der Waals surface area (Å²) in [4.78, 5) is 11.7. The Hall–Kier alpha value is -1.39. The Morgan fingerprint density at radius 2 is 1.89 bits per heavy atom. The van der Waals surface area contributed by atoms with E-state index in [1.54, 1.807) is 16.8 Å². The molecule has 4 heteroatoms. The second-order valence-electron chi connectivity index (χ2n) is 4.54. The molecule has 0 aliphatic carbocycles. The molecule has 19 heavy (non-hydrogen) atoms. The van der Waals surface area contributed by atoms with Gasteiger partial charge in [0, 0.05) is 29.3 Å². The highest BCUT2D eigenvalue weighted by molar-refractivity contribution is 9.10. The largest absolute Gasteiger partial charge is 0.322 e. The quantitative estimate of drug-likeness (QED) is 0.941. The van der Waals surface area contributed by atoms with E-state index in [0.29, 0.717) is 6.54 Å². The third-order valence-corrected chi connectivity index (χ3v) is 3.63. The van der Waals surface area contributed by atoms with Gasteiger partial charge < -0.3 is 10.3 Å². The number of rotatable bonds is 4. The average molecular weight is 321 g/mol. The van der Waals surface area contributed by atoms with Crippen molar-refractivity contribution in [1.29, 1.82) is 0 Å². The van der Waals surface area contributed by atoms with E-state index in [0.717, 1.165) is 16.5 Å². The molecule has 1 atom stereocenters. The Balaban J connectivity index is 2.17. The van der Waals surface area contributed by atoms with Gasteiger partial charge in [0.25, 0.3) is 5.56 Å². The minimum atomic E-state index is -0.182. The zero-order chi connectivity index (χ0) is 13.8. The molecule has 1 aromatic heterocycles. The lowest BCUT2D eigenvalue weighted by Gasteiger charge is -2.14. The van der Waals surface area contributed by atoms with Gasteiger partial charge in [-0.2, -0.15) is 0 Å². The number of pyridine rings is 1. The van der Waals surface area contributed by atoms with E-state index < -0.39 is 0 Å².